The zero-order chi connectivity index (χ0) is 22.9. The molecule has 1 unspecified atom stereocenters. The molecule has 7 heteroatoms. The fraction of sp³-hybridized carbons (Fsp3) is 0.360. The number of benzene rings is 2. The van der Waals surface area contributed by atoms with E-state index in [-0.39, 0.29) is 23.5 Å². The van der Waals surface area contributed by atoms with Gasteiger partial charge in [-0.25, -0.2) is 4.99 Å². The van der Waals surface area contributed by atoms with E-state index in [9.17, 15) is 13.6 Å². The quantitative estimate of drug-likeness (QED) is 0.684. The summed E-state index contributed by atoms with van der Waals surface area (Å²) in [6, 6.07) is 12.3. The van der Waals surface area contributed by atoms with Crippen molar-refractivity contribution in [1.82, 2.24) is 4.90 Å². The maximum atomic E-state index is 13.5. The predicted octanol–water partition coefficient (Wildman–Crippen LogP) is 4.35. The van der Waals surface area contributed by atoms with Crippen molar-refractivity contribution in [2.75, 3.05) is 7.05 Å². The van der Waals surface area contributed by atoms with Crippen LogP contribution in [0.5, 0.6) is 5.75 Å². The van der Waals surface area contributed by atoms with Crippen LogP contribution in [-0.2, 0) is 10.3 Å². The van der Waals surface area contributed by atoms with Gasteiger partial charge in [0.15, 0.2) is 11.5 Å². The Morgan fingerprint density at radius 3 is 2.62 bits per heavy atom. The lowest BCUT2D eigenvalue weighted by molar-refractivity contribution is -0.129. The Morgan fingerprint density at radius 2 is 2.00 bits per heavy atom. The molecule has 0 radical (unpaired) electrons. The van der Waals surface area contributed by atoms with Crippen LogP contribution in [0.4, 0.5) is 8.78 Å². The number of amides is 1. The fourth-order valence-electron chi connectivity index (χ4n) is 3.99. The van der Waals surface area contributed by atoms with Gasteiger partial charge in [-0.1, -0.05) is 37.0 Å². The first-order valence-electron chi connectivity index (χ1n) is 10.7. The number of carbonyl (C=O) groups is 1. The maximum absolute atomic E-state index is 13.5. The molecule has 1 atom stereocenters. The lowest BCUT2D eigenvalue weighted by Crippen LogP contribution is -2.41. The van der Waals surface area contributed by atoms with Crippen LogP contribution in [0.25, 0.3) is 0 Å². The van der Waals surface area contributed by atoms with Crippen molar-refractivity contribution in [3.8, 4) is 17.6 Å². The number of halogens is 2. The standard InChI is InChI=1S/C25H25F2N3O2/c1-3-4-5-7-16-8-6-9-18(14-16)25(22(31)30(2)24(28)29-25)19-12-13-21(32-23(26)27)20(15-19)17-10-11-17/h6,8-9,12-15,17,23H,3-4,10-11H2,1-2H3,(H2,28,29). The number of guanidine groups is 1. The van der Waals surface area contributed by atoms with E-state index in [0.717, 1.165) is 31.2 Å². The number of rotatable bonds is 6. The Labute approximate surface area is 186 Å². The molecule has 5 nitrogen and oxygen atoms in total. The van der Waals surface area contributed by atoms with Gasteiger partial charge in [0.2, 0.25) is 0 Å². The monoisotopic (exact) mass is 437 g/mol. The number of alkyl halides is 2. The number of carbonyl (C=O) groups excluding carboxylic acids is 1. The summed E-state index contributed by atoms with van der Waals surface area (Å²) in [6.45, 7) is -0.859. The average molecular weight is 437 g/mol. The summed E-state index contributed by atoms with van der Waals surface area (Å²) in [6.07, 6.45) is 3.51. The van der Waals surface area contributed by atoms with E-state index < -0.39 is 12.2 Å². The first-order chi connectivity index (χ1) is 15.4. The number of nitrogens with two attached hydrogens (primary N) is 1. The predicted molar refractivity (Wildman–Crippen MR) is 118 cm³/mol. The molecule has 1 saturated carbocycles. The lowest BCUT2D eigenvalue weighted by Gasteiger charge is -2.27. The van der Waals surface area contributed by atoms with Gasteiger partial charge in [0.25, 0.3) is 5.91 Å². The molecule has 2 N–H and O–H groups in total. The summed E-state index contributed by atoms with van der Waals surface area (Å²) >= 11 is 0. The summed E-state index contributed by atoms with van der Waals surface area (Å²) in [7, 11) is 1.57. The zero-order valence-electron chi connectivity index (χ0n) is 18.1. The third-order valence-electron chi connectivity index (χ3n) is 5.79. The minimum absolute atomic E-state index is 0.0957. The number of aliphatic imine (C=N–C) groups is 1. The Kier molecular flexibility index (Phi) is 5.88. The van der Waals surface area contributed by atoms with E-state index in [1.54, 1.807) is 19.2 Å². The number of hydrogen-bond donors (Lipinski definition) is 1. The number of ether oxygens (including phenoxy) is 1. The van der Waals surface area contributed by atoms with Gasteiger partial charge >= 0.3 is 6.61 Å². The van der Waals surface area contributed by atoms with Crippen molar-refractivity contribution in [1.29, 1.82) is 0 Å². The van der Waals surface area contributed by atoms with Crippen LogP contribution in [0, 0.1) is 11.8 Å². The summed E-state index contributed by atoms with van der Waals surface area (Å²) in [5, 5.41) is 0. The molecule has 1 aliphatic heterocycles. The van der Waals surface area contributed by atoms with Crippen molar-refractivity contribution in [2.45, 2.75) is 50.7 Å². The second kappa shape index (κ2) is 8.62. The molecule has 2 aromatic carbocycles. The van der Waals surface area contributed by atoms with Gasteiger partial charge in [0.1, 0.15) is 5.75 Å². The molecule has 0 aromatic heterocycles. The molecule has 166 valence electrons. The zero-order valence-corrected chi connectivity index (χ0v) is 18.1. The number of hydrogen-bond acceptors (Lipinski definition) is 4. The molecular formula is C25H25F2N3O2. The number of unbranched alkanes of at least 4 members (excludes halogenated alkanes) is 1. The van der Waals surface area contributed by atoms with Gasteiger partial charge in [0.05, 0.1) is 0 Å². The van der Waals surface area contributed by atoms with E-state index in [2.05, 4.69) is 23.8 Å². The third kappa shape index (κ3) is 3.93. The lowest BCUT2D eigenvalue weighted by atomic mass is 9.81. The molecule has 4 rings (SSSR count). The van der Waals surface area contributed by atoms with Crippen molar-refractivity contribution < 1.29 is 18.3 Å². The highest BCUT2D eigenvalue weighted by molar-refractivity contribution is 6.09. The van der Waals surface area contributed by atoms with Crippen molar-refractivity contribution >= 4 is 11.9 Å². The van der Waals surface area contributed by atoms with E-state index in [0.29, 0.717) is 16.7 Å². The molecule has 0 bridgehead atoms. The van der Waals surface area contributed by atoms with Crippen LogP contribution in [0.3, 0.4) is 0 Å². The molecular weight excluding hydrogens is 412 g/mol. The largest absolute Gasteiger partial charge is 0.435 e. The summed E-state index contributed by atoms with van der Waals surface area (Å²) in [4.78, 5) is 19.4. The highest BCUT2D eigenvalue weighted by Crippen LogP contribution is 2.48. The van der Waals surface area contributed by atoms with Crippen LogP contribution >= 0.6 is 0 Å². The van der Waals surface area contributed by atoms with Crippen LogP contribution < -0.4 is 10.5 Å². The van der Waals surface area contributed by atoms with E-state index in [1.807, 2.05) is 24.3 Å². The Hall–Kier alpha value is -3.40. The maximum Gasteiger partial charge on any atom is 0.387 e. The van der Waals surface area contributed by atoms with Crippen LogP contribution in [0.15, 0.2) is 47.5 Å². The average Bonchev–Trinajstić information content (AvgIpc) is 3.59. The highest BCUT2D eigenvalue weighted by Gasteiger charge is 2.50. The van der Waals surface area contributed by atoms with Gasteiger partial charge in [-0.2, -0.15) is 8.78 Å². The summed E-state index contributed by atoms with van der Waals surface area (Å²) in [5.41, 5.74) is 7.28. The van der Waals surface area contributed by atoms with E-state index in [4.69, 9.17) is 10.5 Å². The van der Waals surface area contributed by atoms with Crippen LogP contribution in [-0.4, -0.2) is 30.4 Å². The van der Waals surface area contributed by atoms with Gasteiger partial charge in [0, 0.05) is 19.0 Å². The minimum atomic E-state index is -2.92. The molecule has 2 aromatic rings. The van der Waals surface area contributed by atoms with Crippen LogP contribution in [0.2, 0.25) is 0 Å². The Balaban J connectivity index is 1.87. The topological polar surface area (TPSA) is 67.9 Å². The SMILES string of the molecule is CCCC#Cc1cccc(C2(c3ccc(OC(F)F)c(C4CC4)c3)N=C(N)N(C)C2=O)c1. The first-order valence-corrected chi connectivity index (χ1v) is 10.7. The van der Waals surface area contributed by atoms with Gasteiger partial charge < -0.3 is 10.5 Å². The molecule has 1 heterocycles. The minimum Gasteiger partial charge on any atom is -0.435 e. The van der Waals surface area contributed by atoms with E-state index >= 15 is 0 Å². The van der Waals surface area contributed by atoms with Crippen molar-refractivity contribution in [2.24, 2.45) is 10.7 Å². The highest BCUT2D eigenvalue weighted by atomic mass is 19.3. The van der Waals surface area contributed by atoms with Gasteiger partial charge in [-0.15, -0.1) is 0 Å². The number of likely N-dealkylation sites (N-methyl/N-ethyl adjacent to an activating group) is 1. The molecule has 0 saturated heterocycles. The second-order valence-corrected chi connectivity index (χ2v) is 8.08. The second-order valence-electron chi connectivity index (χ2n) is 8.08. The Morgan fingerprint density at radius 1 is 1.25 bits per heavy atom. The third-order valence-corrected chi connectivity index (χ3v) is 5.79. The molecule has 1 fully saturated rings. The smallest absolute Gasteiger partial charge is 0.387 e. The first kappa shape index (κ1) is 21.8. The summed E-state index contributed by atoms with van der Waals surface area (Å²) in [5.74, 6) is 6.29. The number of nitrogens with zero attached hydrogens (tertiary/aromatic N) is 2. The molecule has 0 spiro atoms. The van der Waals surface area contributed by atoms with Crippen molar-refractivity contribution in [3.63, 3.8) is 0 Å². The molecule has 2 aliphatic rings. The molecule has 32 heavy (non-hydrogen) atoms. The van der Waals surface area contributed by atoms with E-state index in [1.165, 1.54) is 11.0 Å². The van der Waals surface area contributed by atoms with Gasteiger partial charge in [-0.05, 0) is 66.1 Å². The molecule has 1 amide bonds. The Bertz CT molecular complexity index is 1130. The normalized spacial score (nSPS) is 20.2. The fourth-order valence-corrected chi connectivity index (χ4v) is 3.99. The summed E-state index contributed by atoms with van der Waals surface area (Å²) < 4.78 is 30.6. The molecule has 1 aliphatic carbocycles. The van der Waals surface area contributed by atoms with Crippen LogP contribution in [0.1, 0.15) is 60.8 Å². The van der Waals surface area contributed by atoms with Crippen molar-refractivity contribution in [3.05, 3.63) is 64.7 Å². The van der Waals surface area contributed by atoms with Gasteiger partial charge in [-0.3, -0.25) is 9.69 Å².